The molecule has 2 rings (SSSR count). The van der Waals surface area contributed by atoms with Crippen molar-refractivity contribution < 1.29 is 22.7 Å². The van der Waals surface area contributed by atoms with E-state index in [1.54, 1.807) is 26.2 Å². The molecule has 1 unspecified atom stereocenters. The zero-order chi connectivity index (χ0) is 19.9. The Labute approximate surface area is 161 Å². The lowest BCUT2D eigenvalue weighted by atomic mass is 9.79. The highest BCUT2D eigenvalue weighted by Crippen LogP contribution is 2.28. The van der Waals surface area contributed by atoms with E-state index in [4.69, 9.17) is 9.47 Å². The van der Waals surface area contributed by atoms with E-state index in [-0.39, 0.29) is 22.0 Å². The molecule has 7 nitrogen and oxygen atoms in total. The number of hydrogen-bond donors (Lipinski definition) is 2. The molecule has 1 aromatic carbocycles. The predicted octanol–water partition coefficient (Wildman–Crippen LogP) is 1.24. The molecule has 27 heavy (non-hydrogen) atoms. The number of hydrogen-bond acceptors (Lipinski definition) is 6. The Bertz CT molecular complexity index is 707. The van der Waals surface area contributed by atoms with Crippen molar-refractivity contribution in [2.45, 2.75) is 24.7 Å². The molecule has 1 aromatic rings. The fraction of sp³-hybridized carbons (Fsp3) is 0.632. The highest BCUT2D eigenvalue weighted by molar-refractivity contribution is 7.91. The predicted molar refractivity (Wildman–Crippen MR) is 104 cm³/mol. The molecule has 2 N–H and O–H groups in total. The summed E-state index contributed by atoms with van der Waals surface area (Å²) in [5.41, 5.74) is -0.0930. The fourth-order valence-electron chi connectivity index (χ4n) is 3.37. The van der Waals surface area contributed by atoms with Crippen LogP contribution in [0.15, 0.2) is 29.2 Å². The monoisotopic (exact) mass is 398 g/mol. The molecular weight excluding hydrogens is 368 g/mol. The van der Waals surface area contributed by atoms with Crippen LogP contribution >= 0.6 is 0 Å². The zero-order valence-electron chi connectivity index (χ0n) is 16.3. The number of piperidine rings is 1. The summed E-state index contributed by atoms with van der Waals surface area (Å²) in [5.74, 6) is -0.533. The molecule has 1 aliphatic heterocycles. The lowest BCUT2D eigenvalue weighted by Gasteiger charge is -2.37. The SMILES string of the molecule is COCC1(CNC(=O)C(C)CS(=O)(=O)c2ccc(OC)cc2)CCNCC1. The number of amides is 1. The second-order valence-electron chi connectivity index (χ2n) is 7.26. The molecule has 0 spiro atoms. The van der Waals surface area contributed by atoms with Gasteiger partial charge in [-0.3, -0.25) is 4.79 Å². The molecule has 0 radical (unpaired) electrons. The topological polar surface area (TPSA) is 93.7 Å². The van der Waals surface area contributed by atoms with Crippen LogP contribution in [-0.2, 0) is 19.4 Å². The van der Waals surface area contributed by atoms with Gasteiger partial charge < -0.3 is 20.1 Å². The van der Waals surface area contributed by atoms with Gasteiger partial charge in [0.05, 0.1) is 24.4 Å². The van der Waals surface area contributed by atoms with Gasteiger partial charge in [0.1, 0.15) is 5.75 Å². The maximum Gasteiger partial charge on any atom is 0.223 e. The van der Waals surface area contributed by atoms with E-state index in [1.165, 1.54) is 19.2 Å². The largest absolute Gasteiger partial charge is 0.497 e. The van der Waals surface area contributed by atoms with Crippen LogP contribution in [0.3, 0.4) is 0 Å². The molecule has 0 aromatic heterocycles. The van der Waals surface area contributed by atoms with E-state index in [1.807, 2.05) is 0 Å². The molecule has 1 heterocycles. The molecule has 0 saturated carbocycles. The summed E-state index contributed by atoms with van der Waals surface area (Å²) in [6.07, 6.45) is 1.83. The van der Waals surface area contributed by atoms with Crippen molar-refractivity contribution in [1.82, 2.24) is 10.6 Å². The Morgan fingerprint density at radius 3 is 2.41 bits per heavy atom. The highest BCUT2D eigenvalue weighted by atomic mass is 32.2. The van der Waals surface area contributed by atoms with Gasteiger partial charge in [-0.05, 0) is 50.2 Å². The fourth-order valence-corrected chi connectivity index (χ4v) is 4.92. The molecule has 1 fully saturated rings. The summed E-state index contributed by atoms with van der Waals surface area (Å²) >= 11 is 0. The average Bonchev–Trinajstić information content (AvgIpc) is 2.67. The van der Waals surface area contributed by atoms with Crippen LogP contribution in [0, 0.1) is 11.3 Å². The van der Waals surface area contributed by atoms with E-state index < -0.39 is 15.8 Å². The van der Waals surface area contributed by atoms with Crippen molar-refractivity contribution in [3.05, 3.63) is 24.3 Å². The smallest absolute Gasteiger partial charge is 0.223 e. The maximum atomic E-state index is 12.6. The molecular formula is C19H30N2O5S. The molecule has 152 valence electrons. The summed E-state index contributed by atoms with van der Waals surface area (Å²) < 4.78 is 35.5. The van der Waals surface area contributed by atoms with Crippen LogP contribution in [0.4, 0.5) is 0 Å². The molecule has 1 atom stereocenters. The zero-order valence-corrected chi connectivity index (χ0v) is 17.1. The number of rotatable bonds is 9. The summed E-state index contributed by atoms with van der Waals surface area (Å²) in [6, 6.07) is 6.20. The molecule has 8 heteroatoms. The Balaban J connectivity index is 1.95. The maximum absolute atomic E-state index is 12.6. The van der Waals surface area contributed by atoms with Gasteiger partial charge in [0.15, 0.2) is 9.84 Å². The van der Waals surface area contributed by atoms with Gasteiger partial charge in [-0.1, -0.05) is 6.92 Å². The van der Waals surface area contributed by atoms with Crippen molar-refractivity contribution in [3.63, 3.8) is 0 Å². The average molecular weight is 399 g/mol. The number of nitrogens with one attached hydrogen (secondary N) is 2. The van der Waals surface area contributed by atoms with Gasteiger partial charge >= 0.3 is 0 Å². The number of sulfone groups is 1. The number of ether oxygens (including phenoxy) is 2. The second kappa shape index (κ2) is 9.52. The van der Waals surface area contributed by atoms with E-state index in [0.717, 1.165) is 25.9 Å². The minimum Gasteiger partial charge on any atom is -0.497 e. The van der Waals surface area contributed by atoms with Gasteiger partial charge in [-0.2, -0.15) is 0 Å². The quantitative estimate of drug-likeness (QED) is 0.650. The standard InChI is InChI=1S/C19H30N2O5S/c1-15(12-27(23,24)17-6-4-16(26-3)5-7-17)18(22)21-13-19(14-25-2)8-10-20-11-9-19/h4-7,15,20H,8-14H2,1-3H3,(H,21,22). The van der Waals surface area contributed by atoms with Gasteiger partial charge in [0, 0.05) is 25.0 Å². The summed E-state index contributed by atoms with van der Waals surface area (Å²) in [6.45, 7) is 4.49. The van der Waals surface area contributed by atoms with Crippen molar-refractivity contribution >= 4 is 15.7 Å². The number of benzene rings is 1. The number of methoxy groups -OCH3 is 2. The van der Waals surface area contributed by atoms with Gasteiger partial charge in [-0.25, -0.2) is 8.42 Å². The Kier molecular flexibility index (Phi) is 7.64. The first kappa shape index (κ1) is 21.7. The number of carbonyl (C=O) groups excluding carboxylic acids is 1. The minimum atomic E-state index is -3.55. The van der Waals surface area contributed by atoms with Gasteiger partial charge in [-0.15, -0.1) is 0 Å². The third kappa shape index (κ3) is 5.92. The van der Waals surface area contributed by atoms with Crippen molar-refractivity contribution in [1.29, 1.82) is 0 Å². The van der Waals surface area contributed by atoms with E-state index >= 15 is 0 Å². The van der Waals surface area contributed by atoms with Crippen LogP contribution in [0.25, 0.3) is 0 Å². The first-order chi connectivity index (χ1) is 12.8. The molecule has 0 aliphatic carbocycles. The van der Waals surface area contributed by atoms with Crippen LogP contribution < -0.4 is 15.4 Å². The lowest BCUT2D eigenvalue weighted by Crippen LogP contribution is -2.48. The van der Waals surface area contributed by atoms with Crippen molar-refractivity contribution in [3.8, 4) is 5.75 Å². The number of carbonyl (C=O) groups is 1. The van der Waals surface area contributed by atoms with Crippen LogP contribution in [0.5, 0.6) is 5.75 Å². The summed E-state index contributed by atoms with van der Waals surface area (Å²) in [7, 11) is -0.364. The molecule has 1 amide bonds. The first-order valence-electron chi connectivity index (χ1n) is 9.16. The van der Waals surface area contributed by atoms with Crippen molar-refractivity contribution in [2.24, 2.45) is 11.3 Å². The Morgan fingerprint density at radius 1 is 1.22 bits per heavy atom. The second-order valence-corrected chi connectivity index (χ2v) is 9.29. The van der Waals surface area contributed by atoms with E-state index in [2.05, 4.69) is 10.6 Å². The molecule has 0 bridgehead atoms. The summed E-state index contributed by atoms with van der Waals surface area (Å²) in [5, 5.41) is 6.25. The van der Waals surface area contributed by atoms with E-state index in [0.29, 0.717) is 18.9 Å². The minimum absolute atomic E-state index is 0.0930. The first-order valence-corrected chi connectivity index (χ1v) is 10.8. The van der Waals surface area contributed by atoms with Crippen LogP contribution in [0.1, 0.15) is 19.8 Å². The van der Waals surface area contributed by atoms with Crippen LogP contribution in [0.2, 0.25) is 0 Å². The van der Waals surface area contributed by atoms with Gasteiger partial charge in [0.25, 0.3) is 0 Å². The highest BCUT2D eigenvalue weighted by Gasteiger charge is 2.33. The Hall–Kier alpha value is -1.64. The molecule has 1 saturated heterocycles. The summed E-state index contributed by atoms with van der Waals surface area (Å²) in [4.78, 5) is 12.7. The normalized spacial score (nSPS) is 17.9. The molecule has 1 aliphatic rings. The third-order valence-corrected chi connectivity index (χ3v) is 7.02. The van der Waals surface area contributed by atoms with E-state index in [9.17, 15) is 13.2 Å². The lowest BCUT2D eigenvalue weighted by molar-refractivity contribution is -0.124. The third-order valence-electron chi connectivity index (χ3n) is 5.09. The Morgan fingerprint density at radius 2 is 1.85 bits per heavy atom. The van der Waals surface area contributed by atoms with Crippen molar-refractivity contribution in [2.75, 3.05) is 46.2 Å². The van der Waals surface area contributed by atoms with Gasteiger partial charge in [0.2, 0.25) is 5.91 Å². The van der Waals surface area contributed by atoms with Crippen LogP contribution in [-0.4, -0.2) is 60.5 Å².